The number of ether oxygens (including phenoxy) is 1. The van der Waals surface area contributed by atoms with E-state index in [-0.39, 0.29) is 11.6 Å². The lowest BCUT2D eigenvalue weighted by atomic mass is 9.80. The summed E-state index contributed by atoms with van der Waals surface area (Å²) in [5.41, 5.74) is 9.63. The maximum absolute atomic E-state index is 6.45. The zero-order chi connectivity index (χ0) is 14.5. The van der Waals surface area contributed by atoms with Gasteiger partial charge in [0.05, 0.1) is 0 Å². The van der Waals surface area contributed by atoms with Crippen molar-refractivity contribution in [2.24, 2.45) is 5.73 Å². The lowest BCUT2D eigenvalue weighted by molar-refractivity contribution is -0.0165. The van der Waals surface area contributed by atoms with Crippen molar-refractivity contribution in [2.75, 3.05) is 20.1 Å². The number of fused-ring (bicyclic) bond motifs is 1. The first kappa shape index (κ1) is 14.2. The van der Waals surface area contributed by atoms with E-state index in [4.69, 9.17) is 22.1 Å². The molecule has 0 amide bonds. The van der Waals surface area contributed by atoms with Crippen molar-refractivity contribution in [3.63, 3.8) is 0 Å². The van der Waals surface area contributed by atoms with Crippen LogP contribution in [-0.2, 0) is 0 Å². The Morgan fingerprint density at radius 2 is 2.00 bits per heavy atom. The zero-order valence-corrected chi connectivity index (χ0v) is 13.3. The van der Waals surface area contributed by atoms with Crippen LogP contribution in [0, 0.1) is 13.8 Å². The normalized spacial score (nSPS) is 25.4. The fraction of sp³-hybridized carbons (Fsp3) is 0.625. The van der Waals surface area contributed by atoms with E-state index in [0.717, 1.165) is 59.8 Å². The lowest BCUT2D eigenvalue weighted by Gasteiger charge is -2.46. The van der Waals surface area contributed by atoms with E-state index in [0.29, 0.717) is 0 Å². The van der Waals surface area contributed by atoms with Gasteiger partial charge in [-0.15, -0.1) is 0 Å². The average Bonchev–Trinajstić information content (AvgIpc) is 2.39. The van der Waals surface area contributed by atoms with Crippen LogP contribution in [0.2, 0.25) is 5.02 Å². The molecule has 2 aliphatic heterocycles. The van der Waals surface area contributed by atoms with Crippen LogP contribution >= 0.6 is 11.6 Å². The van der Waals surface area contributed by atoms with Crippen LogP contribution in [0.15, 0.2) is 6.07 Å². The third kappa shape index (κ3) is 2.22. The Labute approximate surface area is 126 Å². The van der Waals surface area contributed by atoms with Crippen molar-refractivity contribution in [3.05, 3.63) is 27.8 Å². The third-order valence-electron chi connectivity index (χ3n) is 4.88. The topological polar surface area (TPSA) is 38.5 Å². The second-order valence-corrected chi connectivity index (χ2v) is 6.82. The van der Waals surface area contributed by atoms with Crippen molar-refractivity contribution in [3.8, 4) is 5.75 Å². The number of rotatable bonds is 0. The van der Waals surface area contributed by atoms with Crippen LogP contribution in [0.25, 0.3) is 0 Å². The van der Waals surface area contributed by atoms with Gasteiger partial charge in [-0.25, -0.2) is 0 Å². The molecule has 2 aliphatic rings. The minimum atomic E-state index is -0.0777. The van der Waals surface area contributed by atoms with E-state index < -0.39 is 0 Å². The van der Waals surface area contributed by atoms with Gasteiger partial charge in [0.2, 0.25) is 0 Å². The molecule has 20 heavy (non-hydrogen) atoms. The SMILES string of the molecule is Cc1cc2c(c(C)c1Cl)C(N)CC1(CCN(C)CC1)O2. The number of benzene rings is 1. The number of likely N-dealkylation sites (tertiary alicyclic amines) is 1. The summed E-state index contributed by atoms with van der Waals surface area (Å²) in [4.78, 5) is 2.36. The first-order valence-electron chi connectivity index (χ1n) is 7.35. The van der Waals surface area contributed by atoms with Crippen LogP contribution < -0.4 is 10.5 Å². The monoisotopic (exact) mass is 294 g/mol. The number of aryl methyl sites for hydroxylation is 1. The highest BCUT2D eigenvalue weighted by molar-refractivity contribution is 6.32. The summed E-state index contributed by atoms with van der Waals surface area (Å²) in [5.74, 6) is 0.952. The molecule has 2 heterocycles. The smallest absolute Gasteiger partial charge is 0.125 e. The molecule has 0 aromatic heterocycles. The fourth-order valence-electron chi connectivity index (χ4n) is 3.59. The quantitative estimate of drug-likeness (QED) is 0.798. The molecule has 0 radical (unpaired) electrons. The maximum atomic E-state index is 6.45. The summed E-state index contributed by atoms with van der Waals surface area (Å²) >= 11 is 6.36. The molecule has 1 unspecified atom stereocenters. The summed E-state index contributed by atoms with van der Waals surface area (Å²) in [6.07, 6.45) is 3.00. The maximum Gasteiger partial charge on any atom is 0.125 e. The van der Waals surface area contributed by atoms with Gasteiger partial charge in [-0.2, -0.15) is 0 Å². The highest BCUT2D eigenvalue weighted by Gasteiger charge is 2.42. The van der Waals surface area contributed by atoms with Gasteiger partial charge in [0.1, 0.15) is 11.4 Å². The molecule has 0 bridgehead atoms. The molecule has 4 heteroatoms. The van der Waals surface area contributed by atoms with Crippen molar-refractivity contribution in [1.29, 1.82) is 0 Å². The van der Waals surface area contributed by atoms with Gasteiger partial charge in [0.15, 0.2) is 0 Å². The van der Waals surface area contributed by atoms with Gasteiger partial charge in [-0.1, -0.05) is 11.6 Å². The Kier molecular flexibility index (Phi) is 3.47. The number of nitrogens with two attached hydrogens (primary N) is 1. The molecule has 0 saturated carbocycles. The molecule has 1 aromatic rings. The van der Waals surface area contributed by atoms with E-state index in [1.54, 1.807) is 0 Å². The Balaban J connectivity index is 1.99. The molecule has 1 fully saturated rings. The second kappa shape index (κ2) is 4.90. The molecule has 1 spiro atoms. The first-order valence-corrected chi connectivity index (χ1v) is 7.72. The summed E-state index contributed by atoms with van der Waals surface area (Å²) < 4.78 is 6.43. The number of nitrogens with zero attached hydrogens (tertiary/aromatic N) is 1. The van der Waals surface area contributed by atoms with Crippen LogP contribution in [-0.4, -0.2) is 30.6 Å². The zero-order valence-electron chi connectivity index (χ0n) is 12.5. The molecular formula is C16H23ClN2O. The van der Waals surface area contributed by atoms with Gasteiger partial charge in [-0.05, 0) is 50.9 Å². The standard InChI is InChI=1S/C16H23ClN2O/c1-10-8-13-14(11(2)15(10)17)12(18)9-16(20-13)4-6-19(3)7-5-16/h8,12H,4-7,9,18H2,1-3H3. The Morgan fingerprint density at radius 1 is 1.35 bits per heavy atom. The van der Waals surface area contributed by atoms with E-state index in [2.05, 4.69) is 18.0 Å². The molecule has 1 aromatic carbocycles. The summed E-state index contributed by atoms with van der Waals surface area (Å²) in [6, 6.07) is 2.09. The van der Waals surface area contributed by atoms with Gasteiger partial charge in [0, 0.05) is 36.1 Å². The Morgan fingerprint density at radius 3 is 2.65 bits per heavy atom. The van der Waals surface area contributed by atoms with Crippen molar-refractivity contribution in [1.82, 2.24) is 4.90 Å². The summed E-state index contributed by atoms with van der Waals surface area (Å²) in [5, 5.41) is 0.821. The largest absolute Gasteiger partial charge is 0.487 e. The van der Waals surface area contributed by atoms with E-state index >= 15 is 0 Å². The predicted octanol–water partition coefficient (Wildman–Crippen LogP) is 3.20. The molecule has 110 valence electrons. The molecule has 0 aliphatic carbocycles. The minimum Gasteiger partial charge on any atom is -0.487 e. The molecule has 3 rings (SSSR count). The van der Waals surface area contributed by atoms with Gasteiger partial charge < -0.3 is 15.4 Å². The van der Waals surface area contributed by atoms with E-state index in [9.17, 15) is 0 Å². The van der Waals surface area contributed by atoms with Gasteiger partial charge in [-0.3, -0.25) is 0 Å². The molecule has 1 atom stereocenters. The lowest BCUT2D eigenvalue weighted by Crippen LogP contribution is -2.50. The van der Waals surface area contributed by atoms with Crippen LogP contribution in [0.5, 0.6) is 5.75 Å². The first-order chi connectivity index (χ1) is 9.42. The van der Waals surface area contributed by atoms with Crippen molar-refractivity contribution < 1.29 is 4.74 Å². The molecular weight excluding hydrogens is 272 g/mol. The van der Waals surface area contributed by atoms with Crippen LogP contribution in [0.4, 0.5) is 0 Å². The van der Waals surface area contributed by atoms with Crippen LogP contribution in [0.1, 0.15) is 42.0 Å². The second-order valence-electron chi connectivity index (χ2n) is 6.44. The number of hydrogen-bond donors (Lipinski definition) is 1. The van der Waals surface area contributed by atoms with Gasteiger partial charge in [0.25, 0.3) is 0 Å². The average molecular weight is 295 g/mol. The molecule has 2 N–H and O–H groups in total. The number of hydrogen-bond acceptors (Lipinski definition) is 3. The number of piperidine rings is 1. The van der Waals surface area contributed by atoms with Crippen molar-refractivity contribution in [2.45, 2.75) is 44.8 Å². The van der Waals surface area contributed by atoms with Gasteiger partial charge >= 0.3 is 0 Å². The Hall–Kier alpha value is -0.770. The number of halogens is 1. The van der Waals surface area contributed by atoms with E-state index in [1.807, 2.05) is 13.8 Å². The third-order valence-corrected chi connectivity index (χ3v) is 5.46. The minimum absolute atomic E-state index is 0.0280. The highest BCUT2D eigenvalue weighted by Crippen LogP contribution is 2.46. The predicted molar refractivity (Wildman–Crippen MR) is 82.6 cm³/mol. The highest BCUT2D eigenvalue weighted by atomic mass is 35.5. The van der Waals surface area contributed by atoms with E-state index in [1.165, 1.54) is 0 Å². The van der Waals surface area contributed by atoms with Crippen LogP contribution in [0.3, 0.4) is 0 Å². The fourth-order valence-corrected chi connectivity index (χ4v) is 3.75. The Bertz CT molecular complexity index is 536. The van der Waals surface area contributed by atoms with Crippen molar-refractivity contribution >= 4 is 11.6 Å². The summed E-state index contributed by atoms with van der Waals surface area (Å²) in [6.45, 7) is 6.23. The summed E-state index contributed by atoms with van der Waals surface area (Å²) in [7, 11) is 2.16. The molecule has 1 saturated heterocycles. The molecule has 3 nitrogen and oxygen atoms in total.